The first-order valence-electron chi connectivity index (χ1n) is 7.92. The Hall–Kier alpha value is -2.22. The van der Waals surface area contributed by atoms with Crippen LogP contribution < -0.4 is 0 Å². The molecule has 1 heterocycles. The molecule has 0 aliphatic rings. The van der Waals surface area contributed by atoms with Gasteiger partial charge >= 0.3 is 0 Å². The highest BCUT2D eigenvalue weighted by Crippen LogP contribution is 2.25. The number of rotatable bonds is 6. The van der Waals surface area contributed by atoms with E-state index < -0.39 is 10.0 Å². The molecule has 0 fully saturated rings. The van der Waals surface area contributed by atoms with Gasteiger partial charge in [0.15, 0.2) is 0 Å². The van der Waals surface area contributed by atoms with Crippen LogP contribution in [0, 0.1) is 6.92 Å². The Morgan fingerprint density at radius 2 is 1.81 bits per heavy atom. The normalized spacial score (nSPS) is 11.8. The number of benzene rings is 2. The molecule has 26 heavy (non-hydrogen) atoms. The molecule has 8 heteroatoms. The van der Waals surface area contributed by atoms with Crippen LogP contribution in [0.25, 0.3) is 11.4 Å². The van der Waals surface area contributed by atoms with Crippen LogP contribution in [0.4, 0.5) is 0 Å². The van der Waals surface area contributed by atoms with Gasteiger partial charge in [0.05, 0.1) is 17.3 Å². The highest BCUT2D eigenvalue weighted by molar-refractivity contribution is 7.88. The number of nitrogens with zero attached hydrogens (tertiary/aromatic N) is 3. The Bertz CT molecular complexity index is 1000. The summed E-state index contributed by atoms with van der Waals surface area (Å²) in [5, 5.41) is 4.38. The highest BCUT2D eigenvalue weighted by Gasteiger charge is 2.22. The van der Waals surface area contributed by atoms with Crippen molar-refractivity contribution in [1.82, 2.24) is 14.4 Å². The monoisotopic (exact) mass is 391 g/mol. The van der Waals surface area contributed by atoms with Gasteiger partial charge in [-0.25, -0.2) is 8.42 Å². The van der Waals surface area contributed by atoms with E-state index in [0.717, 1.165) is 11.1 Å². The number of hydrogen-bond acceptors (Lipinski definition) is 5. The number of hydrogen-bond donors (Lipinski definition) is 0. The van der Waals surface area contributed by atoms with E-state index in [1.54, 1.807) is 18.2 Å². The van der Waals surface area contributed by atoms with Gasteiger partial charge in [0.2, 0.25) is 21.7 Å². The van der Waals surface area contributed by atoms with Gasteiger partial charge in [-0.05, 0) is 24.6 Å². The van der Waals surface area contributed by atoms with Crippen LogP contribution in [-0.4, -0.2) is 29.9 Å². The molecule has 6 nitrogen and oxygen atoms in total. The average molecular weight is 392 g/mol. The van der Waals surface area contributed by atoms with Crippen LogP contribution in [0.2, 0.25) is 5.02 Å². The van der Waals surface area contributed by atoms with Crippen molar-refractivity contribution in [2.45, 2.75) is 19.2 Å². The maximum Gasteiger partial charge on any atom is 0.242 e. The van der Waals surface area contributed by atoms with Gasteiger partial charge in [-0.15, -0.1) is 0 Å². The minimum Gasteiger partial charge on any atom is -0.338 e. The van der Waals surface area contributed by atoms with Crippen LogP contribution in [0.1, 0.15) is 17.0 Å². The van der Waals surface area contributed by atoms with E-state index in [9.17, 15) is 8.42 Å². The van der Waals surface area contributed by atoms with Gasteiger partial charge in [0, 0.05) is 12.6 Å². The van der Waals surface area contributed by atoms with E-state index >= 15 is 0 Å². The minimum atomic E-state index is -3.51. The standard InChI is InChI=1S/C18H18ClN3O3S/c1-13-7-9-14(10-8-13)12-26(23,24)22(2)11-17-20-18(21-25-17)15-5-3-4-6-16(15)19/h3-10H,11-12H2,1-2H3. The van der Waals surface area contributed by atoms with E-state index in [4.69, 9.17) is 16.1 Å². The van der Waals surface area contributed by atoms with Crippen molar-refractivity contribution in [2.24, 2.45) is 0 Å². The molecule has 0 atom stereocenters. The summed E-state index contributed by atoms with van der Waals surface area (Å²) in [5.41, 5.74) is 2.44. The first-order valence-corrected chi connectivity index (χ1v) is 9.91. The van der Waals surface area contributed by atoms with Crippen molar-refractivity contribution in [3.05, 3.63) is 70.6 Å². The number of halogens is 1. The van der Waals surface area contributed by atoms with Crippen molar-refractivity contribution in [2.75, 3.05) is 7.05 Å². The lowest BCUT2D eigenvalue weighted by Gasteiger charge is -2.15. The fourth-order valence-corrected chi connectivity index (χ4v) is 3.73. The largest absolute Gasteiger partial charge is 0.338 e. The molecule has 0 N–H and O–H groups in total. The smallest absolute Gasteiger partial charge is 0.242 e. The van der Waals surface area contributed by atoms with Crippen molar-refractivity contribution < 1.29 is 12.9 Å². The van der Waals surface area contributed by atoms with Crippen molar-refractivity contribution in [1.29, 1.82) is 0 Å². The Kier molecular flexibility index (Phi) is 5.41. The third-order valence-corrected chi connectivity index (χ3v) is 5.99. The molecule has 3 rings (SSSR count). The SMILES string of the molecule is Cc1ccc(CS(=O)(=O)N(C)Cc2nc(-c3ccccc3Cl)no2)cc1. The molecular formula is C18H18ClN3O3S. The summed E-state index contributed by atoms with van der Waals surface area (Å²) in [6.45, 7) is 1.95. The van der Waals surface area contributed by atoms with Gasteiger partial charge in [0.1, 0.15) is 0 Å². The average Bonchev–Trinajstić information content (AvgIpc) is 3.05. The molecule has 0 unspecified atom stereocenters. The van der Waals surface area contributed by atoms with E-state index in [1.165, 1.54) is 11.4 Å². The predicted molar refractivity (Wildman–Crippen MR) is 100 cm³/mol. The molecule has 3 aromatic rings. The first-order chi connectivity index (χ1) is 12.3. The van der Waals surface area contributed by atoms with E-state index in [-0.39, 0.29) is 18.2 Å². The fourth-order valence-electron chi connectivity index (χ4n) is 2.36. The Balaban J connectivity index is 1.72. The molecule has 136 valence electrons. The van der Waals surface area contributed by atoms with Gasteiger partial charge in [-0.1, -0.05) is 58.7 Å². The van der Waals surface area contributed by atoms with Gasteiger partial charge < -0.3 is 4.52 Å². The number of sulfonamides is 1. The molecule has 0 spiro atoms. The Labute approximate surface area is 157 Å². The van der Waals surface area contributed by atoms with Crippen molar-refractivity contribution in [3.63, 3.8) is 0 Å². The van der Waals surface area contributed by atoms with Crippen LogP contribution in [0.5, 0.6) is 0 Å². The lowest BCUT2D eigenvalue weighted by atomic mass is 10.2. The quantitative estimate of drug-likeness (QED) is 0.640. The highest BCUT2D eigenvalue weighted by atomic mass is 35.5. The molecular weight excluding hydrogens is 374 g/mol. The summed E-state index contributed by atoms with van der Waals surface area (Å²) < 4.78 is 31.5. The molecule has 0 saturated heterocycles. The molecule has 0 bridgehead atoms. The third-order valence-electron chi connectivity index (χ3n) is 3.89. The number of aromatic nitrogens is 2. The summed E-state index contributed by atoms with van der Waals surface area (Å²) in [4.78, 5) is 4.25. The first kappa shape index (κ1) is 18.6. The zero-order valence-electron chi connectivity index (χ0n) is 14.4. The minimum absolute atomic E-state index is 0.00829. The zero-order chi connectivity index (χ0) is 18.7. The zero-order valence-corrected chi connectivity index (χ0v) is 16.0. The Morgan fingerprint density at radius 1 is 1.12 bits per heavy atom. The van der Waals surface area contributed by atoms with Crippen molar-refractivity contribution in [3.8, 4) is 11.4 Å². The van der Waals surface area contributed by atoms with Gasteiger partial charge in [-0.2, -0.15) is 9.29 Å². The van der Waals surface area contributed by atoms with Crippen molar-refractivity contribution >= 4 is 21.6 Å². The molecule has 0 saturated carbocycles. The van der Waals surface area contributed by atoms with Crippen LogP contribution >= 0.6 is 11.6 Å². The van der Waals surface area contributed by atoms with E-state index in [2.05, 4.69) is 10.1 Å². The van der Waals surface area contributed by atoms with Crippen LogP contribution in [0.3, 0.4) is 0 Å². The second-order valence-electron chi connectivity index (χ2n) is 5.99. The molecule has 0 radical (unpaired) electrons. The maximum absolute atomic E-state index is 12.5. The molecule has 0 aliphatic heterocycles. The van der Waals surface area contributed by atoms with Crippen LogP contribution in [-0.2, 0) is 22.3 Å². The maximum atomic E-state index is 12.5. The predicted octanol–water partition coefficient (Wildman–Crippen LogP) is 3.66. The number of aryl methyl sites for hydroxylation is 1. The third kappa shape index (κ3) is 4.30. The lowest BCUT2D eigenvalue weighted by molar-refractivity contribution is 0.336. The lowest BCUT2D eigenvalue weighted by Crippen LogP contribution is -2.27. The molecule has 2 aromatic carbocycles. The molecule has 0 amide bonds. The summed E-state index contributed by atoms with van der Waals surface area (Å²) in [7, 11) is -2.02. The molecule has 0 aliphatic carbocycles. The van der Waals surface area contributed by atoms with Gasteiger partial charge in [-0.3, -0.25) is 0 Å². The summed E-state index contributed by atoms with van der Waals surface area (Å²) >= 11 is 6.12. The summed E-state index contributed by atoms with van der Waals surface area (Å²) in [5.74, 6) is 0.444. The van der Waals surface area contributed by atoms with Crippen LogP contribution in [0.15, 0.2) is 53.1 Å². The summed E-state index contributed by atoms with van der Waals surface area (Å²) in [6, 6.07) is 14.5. The Morgan fingerprint density at radius 3 is 2.50 bits per heavy atom. The molecule has 1 aromatic heterocycles. The van der Waals surface area contributed by atoms with E-state index in [1.807, 2.05) is 37.3 Å². The van der Waals surface area contributed by atoms with E-state index in [0.29, 0.717) is 16.4 Å². The topological polar surface area (TPSA) is 76.3 Å². The second-order valence-corrected chi connectivity index (χ2v) is 8.47. The second kappa shape index (κ2) is 7.57. The summed E-state index contributed by atoms with van der Waals surface area (Å²) in [6.07, 6.45) is 0. The fraction of sp³-hybridized carbons (Fsp3) is 0.222. The van der Waals surface area contributed by atoms with Gasteiger partial charge in [0.25, 0.3) is 0 Å².